The minimum absolute atomic E-state index is 0.0599. The van der Waals surface area contributed by atoms with E-state index in [0.29, 0.717) is 40.3 Å². The monoisotopic (exact) mass is 555 g/mol. The quantitative estimate of drug-likeness (QED) is 0.146. The van der Waals surface area contributed by atoms with E-state index in [9.17, 15) is 9.18 Å². The Morgan fingerprint density at radius 1 is 0.897 bits per heavy atom. The molecule has 9 heteroatoms. The van der Waals surface area contributed by atoms with Gasteiger partial charge >= 0.3 is 0 Å². The van der Waals surface area contributed by atoms with E-state index < -0.39 is 5.82 Å². The summed E-state index contributed by atoms with van der Waals surface area (Å²) in [5.74, 6) is 1.11. The number of hydrogen-bond acceptors (Lipinski definition) is 6. The number of nitrogens with one attached hydrogen (secondary N) is 2. The van der Waals surface area contributed by atoms with Crippen molar-refractivity contribution in [1.82, 2.24) is 10.3 Å². The number of fused-ring (bicyclic) bond motifs is 1. The number of benzene rings is 2. The van der Waals surface area contributed by atoms with Crippen LogP contribution in [0.3, 0.4) is 0 Å². The summed E-state index contributed by atoms with van der Waals surface area (Å²) in [6.07, 6.45) is 12.6. The highest BCUT2D eigenvalue weighted by atomic mass is 32.1. The van der Waals surface area contributed by atoms with E-state index in [1.54, 1.807) is 44.7 Å². The van der Waals surface area contributed by atoms with E-state index in [0.717, 1.165) is 19.3 Å². The molecule has 0 aliphatic carbocycles. The first kappa shape index (κ1) is 30.1. The average Bonchev–Trinajstić information content (AvgIpc) is 2.93. The second-order valence-corrected chi connectivity index (χ2v) is 9.77. The van der Waals surface area contributed by atoms with E-state index in [1.165, 1.54) is 50.7 Å². The molecule has 39 heavy (non-hydrogen) atoms. The van der Waals surface area contributed by atoms with Gasteiger partial charge in [0.25, 0.3) is 0 Å². The summed E-state index contributed by atoms with van der Waals surface area (Å²) in [5, 5.41) is 6.13. The third-order valence-electron chi connectivity index (χ3n) is 6.38. The predicted molar refractivity (Wildman–Crippen MR) is 158 cm³/mol. The molecule has 1 aromatic heterocycles. The lowest BCUT2D eigenvalue weighted by Crippen LogP contribution is -2.34. The molecule has 0 saturated carbocycles. The number of rotatable bonds is 15. The number of carbonyl (C=O) groups excluding carboxylic acids is 1. The van der Waals surface area contributed by atoms with E-state index in [1.807, 2.05) is 0 Å². The van der Waals surface area contributed by atoms with Gasteiger partial charge in [-0.05, 0) is 42.9 Å². The summed E-state index contributed by atoms with van der Waals surface area (Å²) >= 11 is 5.21. The fourth-order valence-electron chi connectivity index (χ4n) is 4.26. The Morgan fingerprint density at radius 3 is 2.23 bits per heavy atom. The molecule has 2 N–H and O–H groups in total. The first-order chi connectivity index (χ1) is 18.9. The van der Waals surface area contributed by atoms with E-state index in [4.69, 9.17) is 26.4 Å². The van der Waals surface area contributed by atoms with Gasteiger partial charge in [0, 0.05) is 30.1 Å². The topological polar surface area (TPSA) is 81.7 Å². The van der Waals surface area contributed by atoms with Gasteiger partial charge in [-0.25, -0.2) is 4.39 Å². The Balaban J connectivity index is 1.49. The van der Waals surface area contributed by atoms with Crippen LogP contribution < -0.4 is 24.8 Å². The molecule has 0 aliphatic rings. The summed E-state index contributed by atoms with van der Waals surface area (Å²) in [7, 11) is 3.10. The lowest BCUT2D eigenvalue weighted by Gasteiger charge is -2.14. The van der Waals surface area contributed by atoms with Gasteiger partial charge in [0.05, 0.1) is 25.4 Å². The van der Waals surface area contributed by atoms with Crippen LogP contribution in [0, 0.1) is 5.82 Å². The Kier molecular flexibility index (Phi) is 12.2. The van der Waals surface area contributed by atoms with Crippen molar-refractivity contribution in [3.63, 3.8) is 0 Å². The molecule has 1 amide bonds. The van der Waals surface area contributed by atoms with Crippen molar-refractivity contribution < 1.29 is 23.4 Å². The molecular weight excluding hydrogens is 517 g/mol. The average molecular weight is 556 g/mol. The standard InChI is InChI=1S/C30H38FN3O4S/c1-4-5-6-7-8-9-10-11-12-13-29(35)34-30(39)33-24-15-14-21(18-23(24)31)38-26-16-17-32-25-20-28(37-3)27(36-2)19-22(25)26/h14-20H,4-13H2,1-3H3,(H2,33,34,35,39). The van der Waals surface area contributed by atoms with Gasteiger partial charge in [0.15, 0.2) is 16.6 Å². The lowest BCUT2D eigenvalue weighted by atomic mass is 10.1. The van der Waals surface area contributed by atoms with Crippen molar-refractivity contribution in [2.75, 3.05) is 19.5 Å². The number of halogens is 1. The maximum Gasteiger partial charge on any atom is 0.226 e. The van der Waals surface area contributed by atoms with Gasteiger partial charge < -0.3 is 24.8 Å². The maximum atomic E-state index is 14.8. The third-order valence-corrected chi connectivity index (χ3v) is 6.59. The van der Waals surface area contributed by atoms with Crippen LogP contribution in [0.1, 0.15) is 71.1 Å². The molecule has 0 fully saturated rings. The number of aromatic nitrogens is 1. The molecule has 0 bridgehead atoms. The second-order valence-electron chi connectivity index (χ2n) is 9.36. The van der Waals surface area contributed by atoms with Gasteiger partial charge in [-0.1, -0.05) is 58.3 Å². The zero-order valence-corrected chi connectivity index (χ0v) is 23.8. The normalized spacial score (nSPS) is 10.8. The summed E-state index contributed by atoms with van der Waals surface area (Å²) < 4.78 is 31.5. The van der Waals surface area contributed by atoms with Crippen LogP contribution in [0.15, 0.2) is 42.6 Å². The van der Waals surface area contributed by atoms with Crippen LogP contribution >= 0.6 is 12.2 Å². The van der Waals surface area contributed by atoms with Crippen molar-refractivity contribution in [3.05, 3.63) is 48.4 Å². The first-order valence-corrected chi connectivity index (χ1v) is 13.9. The largest absolute Gasteiger partial charge is 0.493 e. The van der Waals surface area contributed by atoms with Gasteiger partial charge in [-0.15, -0.1) is 0 Å². The fraction of sp³-hybridized carbons (Fsp3) is 0.433. The van der Waals surface area contributed by atoms with Gasteiger partial charge in [0.2, 0.25) is 5.91 Å². The highest BCUT2D eigenvalue weighted by Gasteiger charge is 2.13. The molecule has 0 aliphatic heterocycles. The minimum Gasteiger partial charge on any atom is -0.493 e. The zero-order chi connectivity index (χ0) is 28.0. The van der Waals surface area contributed by atoms with Crippen LogP contribution in [-0.2, 0) is 4.79 Å². The molecule has 0 radical (unpaired) electrons. The number of thiocarbonyl (C=S) groups is 1. The summed E-state index contributed by atoms with van der Waals surface area (Å²) in [6.45, 7) is 2.22. The van der Waals surface area contributed by atoms with Crippen LogP contribution in [0.2, 0.25) is 0 Å². The number of methoxy groups -OCH3 is 2. The van der Waals surface area contributed by atoms with Crippen LogP contribution in [0.5, 0.6) is 23.0 Å². The van der Waals surface area contributed by atoms with E-state index >= 15 is 0 Å². The predicted octanol–water partition coefficient (Wildman–Crippen LogP) is 7.92. The molecular formula is C30H38FN3O4S. The third kappa shape index (κ3) is 9.35. The van der Waals surface area contributed by atoms with Crippen molar-refractivity contribution in [2.24, 2.45) is 0 Å². The molecule has 210 valence electrons. The smallest absolute Gasteiger partial charge is 0.226 e. The molecule has 7 nitrogen and oxygen atoms in total. The summed E-state index contributed by atoms with van der Waals surface area (Å²) in [5.41, 5.74) is 0.786. The summed E-state index contributed by atoms with van der Waals surface area (Å²) in [6, 6.07) is 9.58. The minimum atomic E-state index is -0.569. The molecule has 3 aromatic rings. The number of hydrogen-bond donors (Lipinski definition) is 2. The second kappa shape index (κ2) is 15.8. The first-order valence-electron chi connectivity index (χ1n) is 13.5. The molecule has 3 rings (SSSR count). The van der Waals surface area contributed by atoms with Crippen LogP contribution in [0.4, 0.5) is 10.1 Å². The number of anilines is 1. The Bertz CT molecular complexity index is 1250. The zero-order valence-electron chi connectivity index (χ0n) is 23.0. The lowest BCUT2D eigenvalue weighted by molar-refractivity contribution is -0.119. The Hall–Kier alpha value is -3.46. The van der Waals surface area contributed by atoms with Gasteiger partial charge in [-0.2, -0.15) is 0 Å². The number of nitrogens with zero attached hydrogens (tertiary/aromatic N) is 1. The van der Waals surface area contributed by atoms with Gasteiger partial charge in [-0.3, -0.25) is 9.78 Å². The highest BCUT2D eigenvalue weighted by molar-refractivity contribution is 7.80. The number of ether oxygens (including phenoxy) is 3. The molecule has 0 saturated heterocycles. The van der Waals surface area contributed by atoms with Crippen LogP contribution in [0.25, 0.3) is 10.9 Å². The number of carbonyl (C=O) groups is 1. The molecule has 1 heterocycles. The molecule has 2 aromatic carbocycles. The number of unbranched alkanes of at least 4 members (excludes halogenated alkanes) is 8. The fourth-order valence-corrected chi connectivity index (χ4v) is 4.49. The molecule has 0 unspecified atom stereocenters. The van der Waals surface area contributed by atoms with E-state index in [-0.39, 0.29) is 16.7 Å². The van der Waals surface area contributed by atoms with Crippen molar-refractivity contribution >= 4 is 39.8 Å². The highest BCUT2D eigenvalue weighted by Crippen LogP contribution is 2.37. The van der Waals surface area contributed by atoms with Crippen molar-refractivity contribution in [2.45, 2.75) is 71.1 Å². The van der Waals surface area contributed by atoms with Crippen molar-refractivity contribution in [1.29, 1.82) is 0 Å². The SMILES string of the molecule is CCCCCCCCCCCC(=O)NC(=S)Nc1ccc(Oc2ccnc3cc(OC)c(OC)cc23)cc1F. The molecule has 0 spiro atoms. The number of amides is 1. The number of pyridine rings is 1. The maximum absolute atomic E-state index is 14.8. The Labute approximate surface area is 235 Å². The Morgan fingerprint density at radius 2 is 1.56 bits per heavy atom. The summed E-state index contributed by atoms with van der Waals surface area (Å²) in [4.78, 5) is 16.6. The van der Waals surface area contributed by atoms with Crippen LogP contribution in [-0.4, -0.2) is 30.2 Å². The van der Waals surface area contributed by atoms with Crippen molar-refractivity contribution in [3.8, 4) is 23.0 Å². The van der Waals surface area contributed by atoms with Gasteiger partial charge in [0.1, 0.15) is 17.3 Å². The molecule has 0 atom stereocenters. The van der Waals surface area contributed by atoms with E-state index in [2.05, 4.69) is 22.5 Å².